The first kappa shape index (κ1) is 18.7. The quantitative estimate of drug-likeness (QED) is 0.511. The molecule has 0 saturated heterocycles. The van der Waals surface area contributed by atoms with Crippen LogP contribution in [0.4, 0.5) is 0 Å². The maximum Gasteiger partial charge on any atom is 0.339 e. The first-order valence-electron chi connectivity index (χ1n) is 8.23. The molecule has 2 heterocycles. The lowest BCUT2D eigenvalue weighted by Gasteiger charge is -2.09. The van der Waals surface area contributed by atoms with Crippen molar-refractivity contribution in [3.8, 4) is 0 Å². The van der Waals surface area contributed by atoms with E-state index in [-0.39, 0.29) is 5.97 Å². The Balaban J connectivity index is 1.65. The monoisotopic (exact) mass is 431 g/mol. The Morgan fingerprint density at radius 3 is 2.81 bits per heavy atom. The molecule has 0 amide bonds. The van der Waals surface area contributed by atoms with Gasteiger partial charge in [-0.2, -0.15) is 0 Å². The molecular formula is C19H18BrN3O2S. The second kappa shape index (κ2) is 9.00. The summed E-state index contributed by atoms with van der Waals surface area (Å²) < 4.78 is 8.19. The number of aromatic nitrogens is 3. The van der Waals surface area contributed by atoms with Gasteiger partial charge in [-0.15, -0.1) is 0 Å². The van der Waals surface area contributed by atoms with E-state index in [1.54, 1.807) is 19.2 Å². The number of carbonyl (C=O) groups excluding carboxylic acids is 1. The zero-order chi connectivity index (χ0) is 18.4. The molecule has 134 valence electrons. The van der Waals surface area contributed by atoms with Crippen LogP contribution < -0.4 is 0 Å². The van der Waals surface area contributed by atoms with Crippen molar-refractivity contribution < 1.29 is 9.53 Å². The molecule has 3 aromatic rings. The highest BCUT2D eigenvalue weighted by molar-refractivity contribution is 9.10. The van der Waals surface area contributed by atoms with Crippen LogP contribution in [0.15, 0.2) is 69.6 Å². The van der Waals surface area contributed by atoms with Crippen LogP contribution in [0, 0.1) is 0 Å². The predicted octanol–water partition coefficient (Wildman–Crippen LogP) is 4.61. The van der Waals surface area contributed by atoms with Crippen LogP contribution in [0.25, 0.3) is 0 Å². The maximum absolute atomic E-state index is 11.7. The molecular weight excluding hydrogens is 414 g/mol. The number of hydrogen-bond donors (Lipinski definition) is 0. The molecule has 26 heavy (non-hydrogen) atoms. The number of esters is 1. The predicted molar refractivity (Wildman–Crippen MR) is 104 cm³/mol. The summed E-state index contributed by atoms with van der Waals surface area (Å²) in [6.07, 6.45) is 6.19. The topological polar surface area (TPSA) is 57.0 Å². The van der Waals surface area contributed by atoms with Gasteiger partial charge in [0.25, 0.3) is 0 Å². The van der Waals surface area contributed by atoms with E-state index in [1.165, 1.54) is 23.5 Å². The molecule has 0 radical (unpaired) electrons. The van der Waals surface area contributed by atoms with E-state index in [2.05, 4.69) is 36.5 Å². The highest BCUT2D eigenvalue weighted by atomic mass is 79.9. The lowest BCUT2D eigenvalue weighted by molar-refractivity contribution is 0.0525. The fourth-order valence-electron chi connectivity index (χ4n) is 2.38. The molecule has 0 spiro atoms. The van der Waals surface area contributed by atoms with Crippen molar-refractivity contribution in [3.63, 3.8) is 0 Å². The molecule has 7 heteroatoms. The number of halogens is 1. The average Bonchev–Trinajstić information content (AvgIpc) is 3.09. The number of carbonyl (C=O) groups is 1. The molecule has 0 fully saturated rings. The molecule has 0 aliphatic heterocycles. The molecule has 5 nitrogen and oxygen atoms in total. The van der Waals surface area contributed by atoms with Crippen LogP contribution in [-0.4, -0.2) is 27.1 Å². The van der Waals surface area contributed by atoms with E-state index in [9.17, 15) is 4.79 Å². The fraction of sp³-hybridized carbons (Fsp3) is 0.211. The number of aryl methyl sites for hydroxylation is 2. The Bertz CT molecular complexity index is 881. The Morgan fingerprint density at radius 1 is 1.23 bits per heavy atom. The highest BCUT2D eigenvalue weighted by Crippen LogP contribution is 2.25. The molecule has 1 aromatic carbocycles. The first-order chi connectivity index (χ1) is 12.7. The number of nitrogens with zero attached hydrogens (tertiary/aromatic N) is 3. The van der Waals surface area contributed by atoms with E-state index >= 15 is 0 Å². The lowest BCUT2D eigenvalue weighted by atomic mass is 10.1. The summed E-state index contributed by atoms with van der Waals surface area (Å²) >= 11 is 5.06. The average molecular weight is 432 g/mol. The third kappa shape index (κ3) is 4.74. The molecule has 0 aliphatic rings. The van der Waals surface area contributed by atoms with Crippen molar-refractivity contribution >= 4 is 33.7 Å². The zero-order valence-corrected chi connectivity index (χ0v) is 16.7. The highest BCUT2D eigenvalue weighted by Gasteiger charge is 2.10. The van der Waals surface area contributed by atoms with Crippen molar-refractivity contribution in [3.05, 3.63) is 70.6 Å². The zero-order valence-electron chi connectivity index (χ0n) is 14.3. The summed E-state index contributed by atoms with van der Waals surface area (Å²) in [5.41, 5.74) is 1.71. The number of rotatable bonds is 7. The molecule has 0 aliphatic carbocycles. The van der Waals surface area contributed by atoms with Crippen LogP contribution in [0.3, 0.4) is 0 Å². The van der Waals surface area contributed by atoms with E-state index in [4.69, 9.17) is 4.74 Å². The summed E-state index contributed by atoms with van der Waals surface area (Å²) in [5, 5.41) is 1.65. The summed E-state index contributed by atoms with van der Waals surface area (Å²) in [4.78, 5) is 20.4. The minimum Gasteiger partial charge on any atom is -0.462 e. The Kier molecular flexibility index (Phi) is 6.46. The molecule has 3 rings (SSSR count). The van der Waals surface area contributed by atoms with Gasteiger partial charge in [-0.1, -0.05) is 34.1 Å². The Labute approximate surface area is 164 Å². The standard InChI is InChI=1S/C19H18BrN3O2S/c1-2-25-18(24)15-7-8-17(22-13-15)26-19-21-10-12-23(19)11-9-14-5-3-4-6-16(14)20/h3-8,10,12-13H,2,9,11H2,1H3. The Hall–Kier alpha value is -2.12. The van der Waals surface area contributed by atoms with Gasteiger partial charge in [0.15, 0.2) is 5.16 Å². The lowest BCUT2D eigenvalue weighted by Crippen LogP contribution is -2.05. The van der Waals surface area contributed by atoms with Crippen molar-refractivity contribution in [1.82, 2.24) is 14.5 Å². The minimum atomic E-state index is -0.355. The summed E-state index contributed by atoms with van der Waals surface area (Å²) in [6, 6.07) is 11.7. The third-order valence-corrected chi connectivity index (χ3v) is 5.45. The van der Waals surface area contributed by atoms with Crippen LogP contribution in [0.2, 0.25) is 0 Å². The van der Waals surface area contributed by atoms with Crippen LogP contribution in [-0.2, 0) is 17.7 Å². The molecule has 0 unspecified atom stereocenters. The molecule has 0 atom stereocenters. The number of imidazole rings is 1. The van der Waals surface area contributed by atoms with Crippen molar-refractivity contribution in [1.29, 1.82) is 0 Å². The number of hydrogen-bond acceptors (Lipinski definition) is 5. The minimum absolute atomic E-state index is 0.351. The number of benzene rings is 1. The summed E-state index contributed by atoms with van der Waals surface area (Å²) in [5.74, 6) is -0.355. The van der Waals surface area contributed by atoms with Crippen LogP contribution in [0.1, 0.15) is 22.8 Å². The number of ether oxygens (including phenoxy) is 1. The normalized spacial score (nSPS) is 10.7. The summed E-state index contributed by atoms with van der Waals surface area (Å²) in [7, 11) is 0. The van der Waals surface area contributed by atoms with Gasteiger partial charge in [0, 0.05) is 29.6 Å². The number of pyridine rings is 1. The van der Waals surface area contributed by atoms with Crippen molar-refractivity contribution in [2.24, 2.45) is 0 Å². The smallest absolute Gasteiger partial charge is 0.339 e. The molecule has 2 aromatic heterocycles. The van der Waals surface area contributed by atoms with Gasteiger partial charge < -0.3 is 9.30 Å². The van der Waals surface area contributed by atoms with Gasteiger partial charge >= 0.3 is 5.97 Å². The van der Waals surface area contributed by atoms with E-state index in [0.29, 0.717) is 12.2 Å². The summed E-state index contributed by atoms with van der Waals surface area (Å²) in [6.45, 7) is 2.96. The van der Waals surface area contributed by atoms with Gasteiger partial charge in [-0.05, 0) is 48.9 Å². The fourth-order valence-corrected chi connectivity index (χ4v) is 3.68. The molecule has 0 N–H and O–H groups in total. The third-order valence-electron chi connectivity index (χ3n) is 3.70. The second-order valence-electron chi connectivity index (χ2n) is 5.45. The van der Waals surface area contributed by atoms with Gasteiger partial charge in [0.05, 0.1) is 12.2 Å². The van der Waals surface area contributed by atoms with Gasteiger partial charge in [0.1, 0.15) is 5.03 Å². The van der Waals surface area contributed by atoms with Gasteiger partial charge in [-0.25, -0.2) is 14.8 Å². The Morgan fingerprint density at radius 2 is 2.08 bits per heavy atom. The SMILES string of the molecule is CCOC(=O)c1ccc(Sc2nccn2CCc2ccccc2Br)nc1. The van der Waals surface area contributed by atoms with Crippen LogP contribution >= 0.6 is 27.7 Å². The molecule has 0 bridgehead atoms. The largest absolute Gasteiger partial charge is 0.462 e. The van der Waals surface area contributed by atoms with E-state index in [1.807, 2.05) is 30.5 Å². The van der Waals surface area contributed by atoms with Gasteiger partial charge in [0.2, 0.25) is 0 Å². The van der Waals surface area contributed by atoms with E-state index < -0.39 is 0 Å². The maximum atomic E-state index is 11.7. The van der Waals surface area contributed by atoms with Crippen molar-refractivity contribution in [2.45, 2.75) is 30.1 Å². The van der Waals surface area contributed by atoms with Crippen LogP contribution in [0.5, 0.6) is 0 Å². The molecule has 0 saturated carbocycles. The van der Waals surface area contributed by atoms with Gasteiger partial charge in [-0.3, -0.25) is 0 Å². The second-order valence-corrected chi connectivity index (χ2v) is 7.29. The van der Waals surface area contributed by atoms with Crippen molar-refractivity contribution in [2.75, 3.05) is 6.61 Å². The van der Waals surface area contributed by atoms with E-state index in [0.717, 1.165) is 27.6 Å². The first-order valence-corrected chi connectivity index (χ1v) is 9.84.